The predicted octanol–water partition coefficient (Wildman–Crippen LogP) is 6.20. The molecule has 0 saturated heterocycles. The smallest absolute Gasteiger partial charge is 0.490 e. The van der Waals surface area contributed by atoms with E-state index < -0.39 is 6.36 Å². The summed E-state index contributed by atoms with van der Waals surface area (Å²) in [5, 5.41) is 0. The average molecular weight is 384 g/mol. The molecule has 1 aromatic rings. The van der Waals surface area contributed by atoms with Gasteiger partial charge in [-0.25, -0.2) is 0 Å². The molecule has 27 heavy (non-hydrogen) atoms. The lowest BCUT2D eigenvalue weighted by molar-refractivity contribution is -0.275. The molecule has 1 aromatic carbocycles. The lowest BCUT2D eigenvalue weighted by Gasteiger charge is -2.25. The van der Waals surface area contributed by atoms with Gasteiger partial charge < -0.3 is 14.2 Å². The van der Waals surface area contributed by atoms with Crippen molar-refractivity contribution in [3.8, 4) is 17.2 Å². The Morgan fingerprint density at radius 1 is 1.07 bits per heavy atom. The Kier molecular flexibility index (Phi) is 6.55. The number of alkyl halides is 3. The van der Waals surface area contributed by atoms with Crippen LogP contribution >= 0.6 is 0 Å². The summed E-state index contributed by atoms with van der Waals surface area (Å²) in [6.07, 6.45) is 7.30. The van der Waals surface area contributed by atoms with E-state index in [0.29, 0.717) is 30.4 Å². The predicted molar refractivity (Wildman–Crippen MR) is 97.3 cm³/mol. The summed E-state index contributed by atoms with van der Waals surface area (Å²) in [7, 11) is 0. The maximum absolute atomic E-state index is 12.9. The van der Waals surface area contributed by atoms with Gasteiger partial charge in [0.05, 0.1) is 6.61 Å². The second-order valence-corrected chi connectivity index (χ2v) is 7.43. The highest BCUT2D eigenvalue weighted by Crippen LogP contribution is 2.40. The van der Waals surface area contributed by atoms with Crippen molar-refractivity contribution in [3.63, 3.8) is 0 Å². The third-order valence-corrected chi connectivity index (χ3v) is 5.14. The molecule has 0 unspecified atom stereocenters. The first-order valence-electron chi connectivity index (χ1n) is 9.74. The molecule has 3 rings (SSSR count). The van der Waals surface area contributed by atoms with E-state index in [0.717, 1.165) is 18.8 Å². The number of ether oxygens (including phenoxy) is 3. The van der Waals surface area contributed by atoms with Gasteiger partial charge in [-0.1, -0.05) is 31.4 Å². The highest BCUT2D eigenvalue weighted by Gasteiger charge is 2.34. The standard InChI is InChI=1S/C21H27F3O3/c1-15-18(25-13-4-8-17-9-10-17)11-12-19(20(15)27-21(22,23)24)26-14-3-7-16-5-2-6-16/h4,8,11-12,16-17H,2-3,5-7,9-10,13-14H2,1H3/b8-4+. The van der Waals surface area contributed by atoms with Gasteiger partial charge in [0.2, 0.25) is 0 Å². The molecule has 0 atom stereocenters. The normalized spacial score (nSPS) is 17.8. The van der Waals surface area contributed by atoms with Crippen molar-refractivity contribution < 1.29 is 27.4 Å². The summed E-state index contributed by atoms with van der Waals surface area (Å²) >= 11 is 0. The second-order valence-electron chi connectivity index (χ2n) is 7.43. The van der Waals surface area contributed by atoms with Crippen LogP contribution in [0, 0.1) is 18.8 Å². The number of halogens is 3. The van der Waals surface area contributed by atoms with Crippen LogP contribution in [0.25, 0.3) is 0 Å². The fourth-order valence-corrected chi connectivity index (χ4v) is 3.17. The highest BCUT2D eigenvalue weighted by atomic mass is 19.4. The highest BCUT2D eigenvalue weighted by molar-refractivity contribution is 5.53. The third kappa shape index (κ3) is 6.36. The molecule has 6 heteroatoms. The van der Waals surface area contributed by atoms with Gasteiger partial charge in [-0.15, -0.1) is 13.2 Å². The van der Waals surface area contributed by atoms with Gasteiger partial charge in [-0.3, -0.25) is 0 Å². The van der Waals surface area contributed by atoms with Crippen LogP contribution < -0.4 is 14.2 Å². The van der Waals surface area contributed by atoms with Crippen molar-refractivity contribution in [1.82, 2.24) is 0 Å². The van der Waals surface area contributed by atoms with Gasteiger partial charge in [-0.2, -0.15) is 0 Å². The van der Waals surface area contributed by atoms with Gasteiger partial charge >= 0.3 is 6.36 Å². The molecule has 0 amide bonds. The van der Waals surface area contributed by atoms with Crippen molar-refractivity contribution in [2.45, 2.75) is 58.2 Å². The molecule has 0 radical (unpaired) electrons. The van der Waals surface area contributed by atoms with Crippen LogP contribution in [-0.2, 0) is 0 Å². The maximum atomic E-state index is 12.9. The van der Waals surface area contributed by atoms with Crippen molar-refractivity contribution in [3.05, 3.63) is 29.8 Å². The Morgan fingerprint density at radius 3 is 2.44 bits per heavy atom. The van der Waals surface area contributed by atoms with E-state index >= 15 is 0 Å². The molecule has 2 aliphatic rings. The number of hydrogen-bond acceptors (Lipinski definition) is 3. The Balaban J connectivity index is 1.61. The van der Waals surface area contributed by atoms with E-state index in [1.807, 2.05) is 6.08 Å². The molecule has 0 spiro atoms. The maximum Gasteiger partial charge on any atom is 0.573 e. The van der Waals surface area contributed by atoms with Gasteiger partial charge in [0.15, 0.2) is 11.5 Å². The number of benzene rings is 1. The minimum atomic E-state index is -4.78. The molecular weight excluding hydrogens is 357 g/mol. The van der Waals surface area contributed by atoms with Gasteiger partial charge in [-0.05, 0) is 56.6 Å². The first-order chi connectivity index (χ1) is 12.9. The van der Waals surface area contributed by atoms with Crippen molar-refractivity contribution in [1.29, 1.82) is 0 Å². The van der Waals surface area contributed by atoms with Crippen molar-refractivity contribution in [2.24, 2.45) is 11.8 Å². The van der Waals surface area contributed by atoms with E-state index in [1.54, 1.807) is 13.0 Å². The van der Waals surface area contributed by atoms with Crippen LogP contribution in [0.5, 0.6) is 17.2 Å². The second kappa shape index (κ2) is 8.89. The summed E-state index contributed by atoms with van der Waals surface area (Å²) in [5.74, 6) is 1.56. The van der Waals surface area contributed by atoms with Crippen LogP contribution in [0.4, 0.5) is 13.2 Å². The minimum absolute atomic E-state index is 0.110. The van der Waals surface area contributed by atoms with Crippen LogP contribution in [0.15, 0.2) is 24.3 Å². The summed E-state index contributed by atoms with van der Waals surface area (Å²) < 4.78 is 54.0. The van der Waals surface area contributed by atoms with Gasteiger partial charge in [0.1, 0.15) is 12.4 Å². The molecule has 0 heterocycles. The third-order valence-electron chi connectivity index (χ3n) is 5.14. The summed E-state index contributed by atoms with van der Waals surface area (Å²) in [5.41, 5.74) is 0.295. The number of hydrogen-bond donors (Lipinski definition) is 0. The number of allylic oxidation sites excluding steroid dienone is 1. The Morgan fingerprint density at radius 2 is 1.81 bits per heavy atom. The van der Waals surface area contributed by atoms with E-state index in [-0.39, 0.29) is 11.5 Å². The zero-order valence-corrected chi connectivity index (χ0v) is 15.7. The van der Waals surface area contributed by atoms with Crippen LogP contribution in [0.2, 0.25) is 0 Å². The SMILES string of the molecule is Cc1c(OC/C=C/C2CC2)ccc(OCCCC2CCC2)c1OC(F)(F)F. The average Bonchev–Trinajstić information content (AvgIpc) is 3.37. The fourth-order valence-electron chi connectivity index (χ4n) is 3.17. The zero-order valence-electron chi connectivity index (χ0n) is 15.7. The van der Waals surface area contributed by atoms with Crippen molar-refractivity contribution in [2.75, 3.05) is 13.2 Å². The topological polar surface area (TPSA) is 27.7 Å². The Labute approximate surface area is 158 Å². The molecule has 0 aliphatic heterocycles. The summed E-state index contributed by atoms with van der Waals surface area (Å²) in [6, 6.07) is 3.14. The Hall–Kier alpha value is -1.85. The largest absolute Gasteiger partial charge is 0.573 e. The van der Waals surface area contributed by atoms with Crippen LogP contribution in [0.3, 0.4) is 0 Å². The molecule has 3 nitrogen and oxygen atoms in total. The molecule has 0 bridgehead atoms. The molecule has 0 N–H and O–H groups in total. The monoisotopic (exact) mass is 384 g/mol. The van der Waals surface area contributed by atoms with E-state index in [4.69, 9.17) is 9.47 Å². The molecule has 2 aliphatic carbocycles. The van der Waals surface area contributed by atoms with Gasteiger partial charge in [0.25, 0.3) is 0 Å². The van der Waals surface area contributed by atoms with E-state index in [1.165, 1.54) is 38.2 Å². The molecular formula is C21H27F3O3. The number of rotatable bonds is 10. The van der Waals surface area contributed by atoms with Gasteiger partial charge in [0, 0.05) is 5.56 Å². The summed E-state index contributed by atoms with van der Waals surface area (Å²) in [4.78, 5) is 0. The molecule has 0 aromatic heterocycles. The van der Waals surface area contributed by atoms with Crippen molar-refractivity contribution >= 4 is 0 Å². The minimum Gasteiger partial charge on any atom is -0.490 e. The fraction of sp³-hybridized carbons (Fsp3) is 0.619. The van der Waals surface area contributed by atoms with E-state index in [9.17, 15) is 13.2 Å². The van der Waals surface area contributed by atoms with Crippen LogP contribution in [0.1, 0.15) is 50.5 Å². The lowest BCUT2D eigenvalue weighted by atomic mass is 9.82. The van der Waals surface area contributed by atoms with E-state index in [2.05, 4.69) is 10.8 Å². The molecule has 2 saturated carbocycles. The summed E-state index contributed by atoms with van der Waals surface area (Å²) in [6.45, 7) is 2.26. The zero-order chi connectivity index (χ0) is 19.3. The molecule has 2 fully saturated rings. The first-order valence-corrected chi connectivity index (χ1v) is 9.74. The molecule has 150 valence electrons. The van der Waals surface area contributed by atoms with Crippen LogP contribution in [-0.4, -0.2) is 19.6 Å². The quantitative estimate of drug-likeness (QED) is 0.355. The Bertz CT molecular complexity index is 647. The lowest BCUT2D eigenvalue weighted by Crippen LogP contribution is -2.19. The first kappa shape index (κ1) is 19.9.